The van der Waals surface area contributed by atoms with Gasteiger partial charge in [-0.25, -0.2) is 17.6 Å². The van der Waals surface area contributed by atoms with Crippen molar-refractivity contribution < 1.29 is 36.7 Å². The zero-order valence-electron chi connectivity index (χ0n) is 27.6. The average Bonchev–Trinajstić information content (AvgIpc) is 3.08. The summed E-state index contributed by atoms with van der Waals surface area (Å²) in [5.74, 6) is -2.12. The second kappa shape index (κ2) is 15.9. The second-order valence-corrected chi connectivity index (χ2v) is 13.3. The van der Waals surface area contributed by atoms with Crippen LogP contribution in [-0.2, 0) is 40.3 Å². The van der Waals surface area contributed by atoms with Crippen molar-refractivity contribution in [2.24, 2.45) is 14.1 Å². The first-order chi connectivity index (χ1) is 23.3. The van der Waals surface area contributed by atoms with E-state index in [-0.39, 0.29) is 74.7 Å². The minimum absolute atomic E-state index is 0.0161. The quantitative estimate of drug-likeness (QED) is 0.359. The molecule has 1 atom stereocenters. The molecule has 3 N–H and O–H groups in total. The monoisotopic (exact) mass is 702 g/mol. The lowest BCUT2D eigenvalue weighted by molar-refractivity contribution is -0.129. The van der Waals surface area contributed by atoms with Gasteiger partial charge in [-0.15, -0.1) is 0 Å². The van der Waals surface area contributed by atoms with E-state index in [1.165, 1.54) is 51.5 Å². The number of carbonyl (C=O) groups is 3. The molecule has 49 heavy (non-hydrogen) atoms. The molecule has 2 aromatic carbocycles. The van der Waals surface area contributed by atoms with Gasteiger partial charge in [0.2, 0.25) is 21.8 Å². The average molecular weight is 703 g/mol. The molecule has 3 heterocycles. The van der Waals surface area contributed by atoms with E-state index in [4.69, 9.17) is 9.47 Å². The Morgan fingerprint density at radius 3 is 2.41 bits per heavy atom. The molecular weight excluding hydrogens is 663 g/mol. The minimum atomic E-state index is -4.46. The van der Waals surface area contributed by atoms with Gasteiger partial charge < -0.3 is 30.0 Å². The smallest absolute Gasteiger partial charge is 0.330 e. The van der Waals surface area contributed by atoms with Crippen LogP contribution in [0.15, 0.2) is 57.1 Å². The topological polar surface area (TPSA) is 187 Å². The summed E-state index contributed by atoms with van der Waals surface area (Å²) in [6.07, 6.45) is 1.19. The standard InChI is InChI=1S/C32H39FN6O9S/c1-5-23-30(42)35-18-20-9-11-24(22(33)16-20)48-26-17-21(10-12-25(26)47-4)29(41)34-13-7-15-39(14-6-8-28(40)36-23)49(45,46)27-19-37(2)32(44)38(3)31(27)43/h9-12,16-17,19,23H,5-8,13-15,18H2,1-4H3,(H,34,41)(H,35,42)(H,36,40)/t23-/m0/s1. The zero-order valence-corrected chi connectivity index (χ0v) is 28.4. The van der Waals surface area contributed by atoms with Crippen molar-refractivity contribution in [3.8, 4) is 17.2 Å². The highest BCUT2D eigenvalue weighted by Crippen LogP contribution is 2.34. The number of benzene rings is 2. The number of sulfonamides is 1. The van der Waals surface area contributed by atoms with Crippen molar-refractivity contribution in [3.63, 3.8) is 0 Å². The number of nitrogens with zero attached hydrogens (tertiary/aromatic N) is 3. The fourth-order valence-corrected chi connectivity index (χ4v) is 6.77. The molecular formula is C32H39FN6O9S. The fourth-order valence-electron chi connectivity index (χ4n) is 5.10. The van der Waals surface area contributed by atoms with E-state index in [9.17, 15) is 32.4 Å². The highest BCUT2D eigenvalue weighted by Gasteiger charge is 2.29. The molecule has 4 bridgehead atoms. The SMILES string of the molecule is CC[C@@H]1NC(=O)CCCN(S(=O)(=O)c2cn(C)c(=O)n(C)c2=O)CCCNC(=O)c2ccc(OC)c(c2)Oc2ccc(cc2F)CNC1=O. The van der Waals surface area contributed by atoms with E-state index in [2.05, 4.69) is 16.0 Å². The third-order valence-corrected chi connectivity index (χ3v) is 9.76. The van der Waals surface area contributed by atoms with Crippen LogP contribution in [0.1, 0.15) is 48.5 Å². The number of hydrogen-bond donors (Lipinski definition) is 3. The maximum Gasteiger partial charge on any atom is 0.330 e. The molecule has 2 aliphatic rings. The Kier molecular flexibility index (Phi) is 12.0. The third-order valence-electron chi connectivity index (χ3n) is 7.88. The number of aryl methyl sites for hydroxylation is 1. The molecule has 0 fully saturated rings. The molecule has 0 spiro atoms. The van der Waals surface area contributed by atoms with Crippen molar-refractivity contribution in [2.45, 2.75) is 50.1 Å². The van der Waals surface area contributed by atoms with Crippen molar-refractivity contribution in [1.82, 2.24) is 29.4 Å². The third kappa shape index (κ3) is 8.72. The second-order valence-electron chi connectivity index (χ2n) is 11.3. The van der Waals surface area contributed by atoms with Gasteiger partial charge in [0, 0.05) is 58.5 Å². The van der Waals surface area contributed by atoms with Gasteiger partial charge in [-0.3, -0.25) is 23.7 Å². The Balaban J connectivity index is 1.64. The van der Waals surface area contributed by atoms with Gasteiger partial charge in [0.15, 0.2) is 28.0 Å². The van der Waals surface area contributed by atoms with Gasteiger partial charge in [0.1, 0.15) is 6.04 Å². The van der Waals surface area contributed by atoms with Gasteiger partial charge in [-0.2, -0.15) is 4.31 Å². The number of halogens is 1. The van der Waals surface area contributed by atoms with Crippen LogP contribution >= 0.6 is 0 Å². The summed E-state index contributed by atoms with van der Waals surface area (Å²) in [7, 11) is -0.593. The molecule has 0 saturated heterocycles. The summed E-state index contributed by atoms with van der Waals surface area (Å²) in [4.78, 5) is 63.2. The van der Waals surface area contributed by atoms with Gasteiger partial charge in [-0.05, 0) is 55.2 Å². The first kappa shape index (κ1) is 36.8. The van der Waals surface area contributed by atoms with E-state index in [1.807, 2.05) is 0 Å². The number of amides is 3. The van der Waals surface area contributed by atoms with Gasteiger partial charge in [0.25, 0.3) is 11.5 Å². The molecule has 0 unspecified atom stereocenters. The minimum Gasteiger partial charge on any atom is -0.493 e. The molecule has 0 aliphatic carbocycles. The van der Waals surface area contributed by atoms with Crippen LogP contribution in [0.5, 0.6) is 17.2 Å². The van der Waals surface area contributed by atoms with Crippen LogP contribution in [0.4, 0.5) is 4.39 Å². The Bertz CT molecular complexity index is 1960. The highest BCUT2D eigenvalue weighted by atomic mass is 32.2. The maximum atomic E-state index is 15.1. The van der Waals surface area contributed by atoms with Crippen LogP contribution in [0.3, 0.4) is 0 Å². The number of methoxy groups -OCH3 is 1. The van der Waals surface area contributed by atoms with Crippen LogP contribution < -0.4 is 36.7 Å². The van der Waals surface area contributed by atoms with E-state index < -0.39 is 55.7 Å². The Hall–Kier alpha value is -5.03. The molecule has 5 rings (SSSR count). The number of carbonyl (C=O) groups excluding carboxylic acids is 3. The van der Waals surface area contributed by atoms with Crippen molar-refractivity contribution in [3.05, 3.63) is 80.4 Å². The van der Waals surface area contributed by atoms with E-state index in [0.717, 1.165) is 15.1 Å². The van der Waals surface area contributed by atoms with Crippen molar-refractivity contribution in [1.29, 1.82) is 0 Å². The largest absolute Gasteiger partial charge is 0.493 e. The predicted octanol–water partition coefficient (Wildman–Crippen LogP) is 1.14. The Morgan fingerprint density at radius 2 is 1.71 bits per heavy atom. The number of nitrogens with one attached hydrogen (secondary N) is 3. The van der Waals surface area contributed by atoms with Gasteiger partial charge in [-0.1, -0.05) is 13.0 Å². The van der Waals surface area contributed by atoms with Gasteiger partial charge >= 0.3 is 5.69 Å². The van der Waals surface area contributed by atoms with Gasteiger partial charge in [0.05, 0.1) is 7.11 Å². The summed E-state index contributed by atoms with van der Waals surface area (Å²) in [5.41, 5.74) is -1.14. The first-order valence-electron chi connectivity index (χ1n) is 15.5. The van der Waals surface area contributed by atoms with E-state index in [1.54, 1.807) is 13.0 Å². The van der Waals surface area contributed by atoms with E-state index >= 15 is 4.39 Å². The lowest BCUT2D eigenvalue weighted by atomic mass is 10.1. The van der Waals surface area contributed by atoms with Crippen LogP contribution in [0.25, 0.3) is 0 Å². The summed E-state index contributed by atoms with van der Waals surface area (Å²) in [6.45, 7) is 1.34. The number of rotatable bonds is 4. The molecule has 0 radical (unpaired) electrons. The zero-order chi connectivity index (χ0) is 35.9. The van der Waals surface area contributed by atoms with E-state index in [0.29, 0.717) is 10.1 Å². The Morgan fingerprint density at radius 1 is 0.980 bits per heavy atom. The lowest BCUT2D eigenvalue weighted by Crippen LogP contribution is -2.46. The molecule has 17 heteroatoms. The number of fused-ring (bicyclic) bond motifs is 16. The molecule has 3 amide bonds. The number of ether oxygens (including phenoxy) is 2. The Labute approximate surface area is 282 Å². The summed E-state index contributed by atoms with van der Waals surface area (Å²) in [6, 6.07) is 7.55. The van der Waals surface area contributed by atoms with Crippen molar-refractivity contribution >= 4 is 27.7 Å². The van der Waals surface area contributed by atoms with Crippen LogP contribution in [0.2, 0.25) is 0 Å². The molecule has 1 aromatic heterocycles. The highest BCUT2D eigenvalue weighted by molar-refractivity contribution is 7.89. The molecule has 15 nitrogen and oxygen atoms in total. The van der Waals surface area contributed by atoms with Crippen molar-refractivity contribution in [2.75, 3.05) is 26.7 Å². The molecule has 0 saturated carbocycles. The fraction of sp³-hybridized carbons (Fsp3) is 0.406. The summed E-state index contributed by atoms with van der Waals surface area (Å²) in [5, 5.41) is 8.02. The normalized spacial score (nSPS) is 17.4. The molecule has 2 aliphatic heterocycles. The summed E-state index contributed by atoms with van der Waals surface area (Å²) < 4.78 is 56.3. The molecule has 3 aromatic rings. The predicted molar refractivity (Wildman–Crippen MR) is 175 cm³/mol. The first-order valence-corrected chi connectivity index (χ1v) is 17.0. The number of hydrogen-bond acceptors (Lipinski definition) is 9. The van der Waals surface area contributed by atoms with Crippen LogP contribution in [0, 0.1) is 5.82 Å². The lowest BCUT2D eigenvalue weighted by Gasteiger charge is -2.23. The molecule has 264 valence electrons. The maximum absolute atomic E-state index is 15.1. The number of aromatic nitrogens is 2. The summed E-state index contributed by atoms with van der Waals surface area (Å²) >= 11 is 0. The van der Waals surface area contributed by atoms with Crippen LogP contribution in [-0.4, -0.2) is 72.4 Å².